The summed E-state index contributed by atoms with van der Waals surface area (Å²) in [6.07, 6.45) is -0.891. The van der Waals surface area contributed by atoms with E-state index in [1.54, 1.807) is 36.4 Å². The summed E-state index contributed by atoms with van der Waals surface area (Å²) >= 11 is 5.93. The topological polar surface area (TPSA) is 89.1 Å². The molecule has 1 atom stereocenters. The van der Waals surface area contributed by atoms with E-state index in [0.717, 1.165) is 0 Å². The average Bonchev–Trinajstić information content (AvgIpc) is 2.66. The van der Waals surface area contributed by atoms with Crippen LogP contribution in [0.2, 0.25) is 5.02 Å². The van der Waals surface area contributed by atoms with Crippen molar-refractivity contribution < 1.29 is 24.1 Å². The fraction of sp³-hybridized carbons (Fsp3) is 0.278. The van der Waals surface area contributed by atoms with Crippen molar-refractivity contribution in [2.75, 3.05) is 32.2 Å². The molecule has 3 N–H and O–H groups in total. The number of aliphatic hydroxyl groups excluding tert-OH is 1. The van der Waals surface area contributed by atoms with E-state index in [9.17, 15) is 9.90 Å². The molecule has 1 aliphatic rings. The number of amides is 2. The molecule has 0 saturated carbocycles. The Labute approximate surface area is 155 Å². The van der Waals surface area contributed by atoms with Crippen LogP contribution in [-0.4, -0.2) is 38.0 Å². The predicted molar refractivity (Wildman–Crippen MR) is 97.4 cm³/mol. The second-order valence-corrected chi connectivity index (χ2v) is 6.03. The maximum Gasteiger partial charge on any atom is 0.319 e. The molecule has 2 aromatic rings. The number of ether oxygens (including phenoxy) is 3. The summed E-state index contributed by atoms with van der Waals surface area (Å²) < 4.78 is 16.1. The second kappa shape index (κ2) is 8.16. The smallest absolute Gasteiger partial charge is 0.319 e. The Morgan fingerprint density at radius 3 is 2.77 bits per heavy atom. The summed E-state index contributed by atoms with van der Waals surface area (Å²) in [5, 5.41) is 16.0. The van der Waals surface area contributed by atoms with Crippen molar-refractivity contribution in [3.8, 4) is 17.2 Å². The number of methoxy groups -OCH3 is 1. The quantitative estimate of drug-likeness (QED) is 0.744. The Morgan fingerprint density at radius 1 is 1.23 bits per heavy atom. The van der Waals surface area contributed by atoms with Crippen LogP contribution in [0.5, 0.6) is 17.2 Å². The highest BCUT2D eigenvalue weighted by molar-refractivity contribution is 6.31. The molecule has 1 aliphatic heterocycles. The van der Waals surface area contributed by atoms with Gasteiger partial charge in [-0.05, 0) is 35.9 Å². The first kappa shape index (κ1) is 18.2. The van der Waals surface area contributed by atoms with E-state index in [2.05, 4.69) is 10.6 Å². The number of hydrogen-bond donors (Lipinski definition) is 3. The van der Waals surface area contributed by atoms with Gasteiger partial charge in [-0.3, -0.25) is 0 Å². The van der Waals surface area contributed by atoms with Crippen LogP contribution in [0.4, 0.5) is 10.5 Å². The lowest BCUT2D eigenvalue weighted by molar-refractivity contribution is 0.163. The van der Waals surface area contributed by atoms with E-state index in [0.29, 0.717) is 46.7 Å². The van der Waals surface area contributed by atoms with E-state index < -0.39 is 12.1 Å². The zero-order chi connectivity index (χ0) is 18.5. The Kier molecular flexibility index (Phi) is 5.70. The summed E-state index contributed by atoms with van der Waals surface area (Å²) in [7, 11) is 1.50. The molecule has 1 heterocycles. The molecule has 0 saturated heterocycles. The standard InChI is InChI=1S/C18H19ClN2O5/c1-24-15-5-3-12(19)9-13(15)21-18(23)20-10-14(22)11-2-4-16-17(8-11)26-7-6-25-16/h2-5,8-9,14,22H,6-7,10H2,1H3,(H2,20,21,23)/t14-/m0/s1. The van der Waals surface area contributed by atoms with Gasteiger partial charge in [-0.1, -0.05) is 17.7 Å². The molecule has 0 fully saturated rings. The molecule has 0 bridgehead atoms. The van der Waals surface area contributed by atoms with Crippen LogP contribution in [0.25, 0.3) is 0 Å². The monoisotopic (exact) mass is 378 g/mol. The van der Waals surface area contributed by atoms with Crippen molar-refractivity contribution in [3.63, 3.8) is 0 Å². The maximum absolute atomic E-state index is 12.1. The SMILES string of the molecule is COc1ccc(Cl)cc1NC(=O)NC[C@H](O)c1ccc2c(c1)OCCO2. The lowest BCUT2D eigenvalue weighted by Gasteiger charge is -2.20. The van der Waals surface area contributed by atoms with Crippen molar-refractivity contribution >= 4 is 23.3 Å². The fourth-order valence-electron chi connectivity index (χ4n) is 2.52. The predicted octanol–water partition coefficient (Wildman–Crippen LogP) is 2.97. The highest BCUT2D eigenvalue weighted by Crippen LogP contribution is 2.32. The van der Waals surface area contributed by atoms with E-state index in [1.165, 1.54) is 7.11 Å². The van der Waals surface area contributed by atoms with Crippen LogP contribution >= 0.6 is 11.6 Å². The molecule has 0 aromatic heterocycles. The molecule has 7 nitrogen and oxygen atoms in total. The third-order valence-electron chi connectivity index (χ3n) is 3.82. The normalized spacial score (nSPS) is 13.7. The number of nitrogens with one attached hydrogen (secondary N) is 2. The zero-order valence-electron chi connectivity index (χ0n) is 14.1. The van der Waals surface area contributed by atoms with Crippen LogP contribution in [0, 0.1) is 0 Å². The molecule has 0 aliphatic carbocycles. The number of aliphatic hydroxyl groups is 1. The number of urea groups is 1. The highest BCUT2D eigenvalue weighted by atomic mass is 35.5. The first-order valence-corrected chi connectivity index (χ1v) is 8.40. The molecule has 0 spiro atoms. The van der Waals surface area contributed by atoms with Gasteiger partial charge in [-0.2, -0.15) is 0 Å². The molecule has 3 rings (SSSR count). The summed E-state index contributed by atoms with van der Waals surface area (Å²) in [6.45, 7) is 0.993. The number of hydrogen-bond acceptors (Lipinski definition) is 5. The van der Waals surface area contributed by atoms with Gasteiger partial charge in [0.2, 0.25) is 0 Å². The minimum atomic E-state index is -0.891. The number of carbonyl (C=O) groups is 1. The first-order valence-electron chi connectivity index (χ1n) is 8.03. The van der Waals surface area contributed by atoms with E-state index in [4.69, 9.17) is 25.8 Å². The van der Waals surface area contributed by atoms with Crippen LogP contribution in [-0.2, 0) is 0 Å². The number of rotatable bonds is 5. The largest absolute Gasteiger partial charge is 0.495 e. The molecule has 8 heteroatoms. The first-order chi connectivity index (χ1) is 12.6. The van der Waals surface area contributed by atoms with Gasteiger partial charge in [0.1, 0.15) is 19.0 Å². The van der Waals surface area contributed by atoms with Crippen LogP contribution in [0.15, 0.2) is 36.4 Å². The molecule has 0 radical (unpaired) electrons. The Balaban J connectivity index is 1.58. The van der Waals surface area contributed by atoms with Gasteiger partial charge in [-0.15, -0.1) is 0 Å². The zero-order valence-corrected chi connectivity index (χ0v) is 14.9. The van der Waals surface area contributed by atoms with Gasteiger partial charge in [0.05, 0.1) is 18.9 Å². The summed E-state index contributed by atoms with van der Waals surface area (Å²) in [5.41, 5.74) is 1.06. The van der Waals surface area contributed by atoms with Crippen molar-refractivity contribution in [2.45, 2.75) is 6.10 Å². The van der Waals surface area contributed by atoms with E-state index in [1.807, 2.05) is 0 Å². The Bertz CT molecular complexity index is 799. The number of benzene rings is 2. The van der Waals surface area contributed by atoms with E-state index >= 15 is 0 Å². The molecule has 0 unspecified atom stereocenters. The molecule has 138 valence electrons. The molecular formula is C18H19ClN2O5. The van der Waals surface area contributed by atoms with Crippen LogP contribution in [0.3, 0.4) is 0 Å². The van der Waals surface area contributed by atoms with Gasteiger partial charge in [0.15, 0.2) is 11.5 Å². The van der Waals surface area contributed by atoms with Crippen molar-refractivity contribution in [3.05, 3.63) is 47.0 Å². The third-order valence-corrected chi connectivity index (χ3v) is 4.05. The lowest BCUT2D eigenvalue weighted by atomic mass is 10.1. The number of fused-ring (bicyclic) bond motifs is 1. The summed E-state index contributed by atoms with van der Waals surface area (Å²) in [6, 6.07) is 9.59. The number of carbonyl (C=O) groups excluding carboxylic acids is 1. The highest BCUT2D eigenvalue weighted by Gasteiger charge is 2.16. The third kappa shape index (κ3) is 4.30. The van der Waals surface area contributed by atoms with Gasteiger partial charge < -0.3 is 30.0 Å². The number of halogens is 1. The van der Waals surface area contributed by atoms with E-state index in [-0.39, 0.29) is 6.54 Å². The molecule has 2 amide bonds. The lowest BCUT2D eigenvalue weighted by Crippen LogP contribution is -2.32. The van der Waals surface area contributed by atoms with Crippen LogP contribution < -0.4 is 24.8 Å². The maximum atomic E-state index is 12.1. The van der Waals surface area contributed by atoms with Gasteiger partial charge in [0, 0.05) is 11.6 Å². The minimum Gasteiger partial charge on any atom is -0.495 e. The second-order valence-electron chi connectivity index (χ2n) is 5.60. The Morgan fingerprint density at radius 2 is 2.00 bits per heavy atom. The van der Waals surface area contributed by atoms with Crippen molar-refractivity contribution in [2.24, 2.45) is 0 Å². The Hall–Kier alpha value is -2.64. The van der Waals surface area contributed by atoms with Crippen LogP contribution in [0.1, 0.15) is 11.7 Å². The molecular weight excluding hydrogens is 360 g/mol. The number of anilines is 1. The fourth-order valence-corrected chi connectivity index (χ4v) is 2.69. The summed E-state index contributed by atoms with van der Waals surface area (Å²) in [4.78, 5) is 12.1. The molecule has 2 aromatic carbocycles. The molecule has 26 heavy (non-hydrogen) atoms. The minimum absolute atomic E-state index is 0.0222. The van der Waals surface area contributed by atoms with Gasteiger partial charge in [0.25, 0.3) is 0 Å². The van der Waals surface area contributed by atoms with Gasteiger partial charge in [-0.25, -0.2) is 4.79 Å². The average molecular weight is 379 g/mol. The summed E-state index contributed by atoms with van der Waals surface area (Å²) in [5.74, 6) is 1.71. The van der Waals surface area contributed by atoms with Crippen molar-refractivity contribution in [1.82, 2.24) is 5.32 Å². The van der Waals surface area contributed by atoms with Gasteiger partial charge >= 0.3 is 6.03 Å². The van der Waals surface area contributed by atoms with Crippen molar-refractivity contribution in [1.29, 1.82) is 0 Å².